The summed E-state index contributed by atoms with van der Waals surface area (Å²) in [5.41, 5.74) is -7.40. The zero-order valence-corrected chi connectivity index (χ0v) is 34.2. The summed E-state index contributed by atoms with van der Waals surface area (Å²) in [5, 5.41) is 39.7. The zero-order chi connectivity index (χ0) is 43.9. The summed E-state index contributed by atoms with van der Waals surface area (Å²) >= 11 is 0. The van der Waals surface area contributed by atoms with Gasteiger partial charge in [0.25, 0.3) is 0 Å². The topological polar surface area (TPSA) is 231 Å². The Morgan fingerprint density at radius 2 is 1.60 bits per heavy atom. The van der Waals surface area contributed by atoms with Crippen molar-refractivity contribution in [3.8, 4) is 0 Å². The van der Waals surface area contributed by atoms with E-state index < -0.39 is 113 Å². The van der Waals surface area contributed by atoms with E-state index in [-0.39, 0.29) is 36.3 Å². The summed E-state index contributed by atoms with van der Waals surface area (Å²) in [4.78, 5) is 82.4. The second kappa shape index (κ2) is 16.6. The van der Waals surface area contributed by atoms with E-state index in [1.807, 2.05) is 0 Å². The highest BCUT2D eigenvalue weighted by Gasteiger charge is 2.78. The lowest BCUT2D eigenvalue weighted by atomic mass is 9.44. The Bertz CT molecular complexity index is 2070. The largest absolute Gasteiger partial charge is 0.456 e. The van der Waals surface area contributed by atoms with Crippen LogP contribution in [-0.2, 0) is 47.6 Å². The molecule has 16 heteroatoms. The molecule has 1 heterocycles. The number of carbonyl (C=O) groups excluding carboxylic acids is 6. The van der Waals surface area contributed by atoms with Crippen LogP contribution in [0.15, 0.2) is 84.5 Å². The Kier molecular flexibility index (Phi) is 12.2. The number of rotatable bonds is 11. The van der Waals surface area contributed by atoms with E-state index in [4.69, 9.17) is 28.4 Å². The Morgan fingerprint density at radius 3 is 2.17 bits per heavy atom. The summed E-state index contributed by atoms with van der Waals surface area (Å²) in [7, 11) is 0. The number of aliphatic hydroxyl groups is 3. The molecule has 4 N–H and O–H groups in total. The standard InChI is InChI=1S/C44H51NO15/c1-8-19-55-40(53)45-32(26-15-11-9-12-16-26)33(49)39(52)58-28-21-44(54)37(59-38(51)27-17-13-10-14-18-27)35-42(7,29(48)20-30-43(35,22-56-30)60-25(4)47)36(50)34(57-24(3)46)31(23(28)2)41(44,5)6/h8-18,28-30,32-35,37,48-49,54H,1,19-22H2,2-7H3,(H,45,53)/t28?,29?,30?,32?,33?,34?,35?,37?,42-,43+,44?/m1/s1. The molecule has 3 fully saturated rings. The molecular formula is C44H51NO15. The van der Waals surface area contributed by atoms with Crippen LogP contribution in [-0.4, -0.2) is 112 Å². The first kappa shape index (κ1) is 44.1. The number of nitrogens with one attached hydrogen (secondary N) is 1. The van der Waals surface area contributed by atoms with Crippen LogP contribution in [0.4, 0.5) is 4.79 Å². The number of fused-ring (bicyclic) bond motifs is 5. The van der Waals surface area contributed by atoms with Crippen LogP contribution in [0.3, 0.4) is 0 Å². The number of benzene rings is 2. The van der Waals surface area contributed by atoms with Crippen LogP contribution in [0.1, 0.15) is 76.3 Å². The Morgan fingerprint density at radius 1 is 0.967 bits per heavy atom. The summed E-state index contributed by atoms with van der Waals surface area (Å²) in [6.45, 7) is 11.2. The minimum absolute atomic E-state index is 0.0179. The molecule has 1 saturated heterocycles. The molecule has 9 unspecified atom stereocenters. The molecule has 0 radical (unpaired) electrons. The van der Waals surface area contributed by atoms with Gasteiger partial charge in [0.15, 0.2) is 23.6 Å². The molecule has 1 aliphatic heterocycles. The summed E-state index contributed by atoms with van der Waals surface area (Å²) in [5.74, 6) is -6.33. The van der Waals surface area contributed by atoms with Gasteiger partial charge in [-0.05, 0) is 42.7 Å². The lowest BCUT2D eigenvalue weighted by molar-refractivity contribution is -0.346. The minimum Gasteiger partial charge on any atom is -0.456 e. The van der Waals surface area contributed by atoms with Gasteiger partial charge < -0.3 is 49.1 Å². The first-order valence-corrected chi connectivity index (χ1v) is 19.6. The molecule has 0 spiro atoms. The fourth-order valence-electron chi connectivity index (χ4n) is 9.67. The number of carbonyl (C=O) groups is 6. The van der Waals surface area contributed by atoms with Crippen LogP contribution in [0.25, 0.3) is 0 Å². The molecule has 2 bridgehead atoms. The third-order valence-electron chi connectivity index (χ3n) is 12.8. The van der Waals surface area contributed by atoms with Gasteiger partial charge in [0, 0.05) is 32.1 Å². The molecule has 1 amide bonds. The second-order valence-corrected chi connectivity index (χ2v) is 16.5. The average molecular weight is 834 g/mol. The van der Waals surface area contributed by atoms with Crippen LogP contribution in [0.2, 0.25) is 0 Å². The van der Waals surface area contributed by atoms with Crippen molar-refractivity contribution >= 4 is 35.8 Å². The van der Waals surface area contributed by atoms with E-state index in [9.17, 15) is 39.3 Å². The van der Waals surface area contributed by atoms with Gasteiger partial charge in [-0.15, -0.1) is 0 Å². The van der Waals surface area contributed by atoms with Gasteiger partial charge in [0.2, 0.25) is 0 Å². The van der Waals surface area contributed by atoms with Crippen molar-refractivity contribution < 1.29 is 72.5 Å². The van der Waals surface area contributed by atoms with Crippen molar-refractivity contribution in [2.75, 3.05) is 13.2 Å². The molecule has 2 aromatic rings. The number of hydrogen-bond acceptors (Lipinski definition) is 15. The fraction of sp³-hybridized carbons (Fsp3) is 0.500. The third kappa shape index (κ3) is 7.39. The number of amides is 1. The van der Waals surface area contributed by atoms with Crippen molar-refractivity contribution in [3.63, 3.8) is 0 Å². The van der Waals surface area contributed by atoms with E-state index in [0.717, 1.165) is 13.8 Å². The number of aliphatic hydroxyl groups excluding tert-OH is 2. The third-order valence-corrected chi connectivity index (χ3v) is 12.8. The van der Waals surface area contributed by atoms with E-state index in [2.05, 4.69) is 11.9 Å². The number of ether oxygens (including phenoxy) is 6. The van der Waals surface area contributed by atoms with Gasteiger partial charge in [0.1, 0.15) is 30.5 Å². The number of alkyl carbamates (subject to hydrolysis) is 1. The number of esters is 4. The van der Waals surface area contributed by atoms with E-state index in [0.29, 0.717) is 5.56 Å². The van der Waals surface area contributed by atoms with Gasteiger partial charge in [-0.1, -0.05) is 75.0 Å². The van der Waals surface area contributed by atoms with E-state index >= 15 is 4.79 Å². The highest BCUT2D eigenvalue weighted by molar-refractivity contribution is 5.95. The maximum absolute atomic E-state index is 15.4. The SMILES string of the molecule is C=CCOC(=O)NC(c1ccccc1)C(O)C(=O)OC1CC2(O)C(OC(=O)c3ccccc3)C3[C@]4(OC(C)=O)COC4CC(O)[C@@]3(C)C(=O)C(OC(C)=O)C(=C1C)C2(C)C. The quantitative estimate of drug-likeness (QED) is 0.145. The Balaban J connectivity index is 1.54. The molecule has 3 aliphatic carbocycles. The van der Waals surface area contributed by atoms with E-state index in [1.54, 1.807) is 62.4 Å². The molecule has 60 heavy (non-hydrogen) atoms. The Hall–Kier alpha value is -5.42. The molecule has 2 aromatic carbocycles. The van der Waals surface area contributed by atoms with Gasteiger partial charge in [-0.3, -0.25) is 14.4 Å². The predicted molar refractivity (Wildman–Crippen MR) is 208 cm³/mol. The fourth-order valence-corrected chi connectivity index (χ4v) is 9.67. The molecule has 0 aromatic heterocycles. The smallest absolute Gasteiger partial charge is 0.408 e. The van der Waals surface area contributed by atoms with Crippen LogP contribution < -0.4 is 5.32 Å². The lowest BCUT2D eigenvalue weighted by Crippen LogP contribution is -2.82. The molecule has 6 rings (SSSR count). The maximum atomic E-state index is 15.4. The van der Waals surface area contributed by atoms with Crippen LogP contribution >= 0.6 is 0 Å². The van der Waals surface area contributed by atoms with Crippen LogP contribution in [0.5, 0.6) is 0 Å². The summed E-state index contributed by atoms with van der Waals surface area (Å²) in [6, 6.07) is 14.4. The lowest BCUT2D eigenvalue weighted by Gasteiger charge is -2.67. The van der Waals surface area contributed by atoms with Crippen molar-refractivity contribution in [2.24, 2.45) is 16.7 Å². The first-order chi connectivity index (χ1) is 28.2. The number of ketones is 1. The van der Waals surface area contributed by atoms with Crippen LogP contribution in [0, 0.1) is 16.7 Å². The predicted octanol–water partition coefficient (Wildman–Crippen LogP) is 3.22. The molecule has 2 saturated carbocycles. The minimum atomic E-state index is -2.40. The first-order valence-electron chi connectivity index (χ1n) is 19.6. The zero-order valence-electron chi connectivity index (χ0n) is 34.2. The molecule has 11 atom stereocenters. The molecule has 4 aliphatic rings. The summed E-state index contributed by atoms with van der Waals surface area (Å²) in [6.07, 6.45) is -10.3. The van der Waals surface area contributed by atoms with E-state index in [1.165, 1.54) is 32.1 Å². The second-order valence-electron chi connectivity index (χ2n) is 16.5. The normalized spacial score (nSPS) is 32.5. The highest BCUT2D eigenvalue weighted by atomic mass is 16.6. The van der Waals surface area contributed by atoms with Gasteiger partial charge >= 0.3 is 30.0 Å². The van der Waals surface area contributed by atoms with Gasteiger partial charge in [-0.2, -0.15) is 0 Å². The van der Waals surface area contributed by atoms with Gasteiger partial charge in [0.05, 0.1) is 35.6 Å². The average Bonchev–Trinajstić information content (AvgIpc) is 3.20. The molecule has 322 valence electrons. The van der Waals surface area contributed by atoms with Crippen molar-refractivity contribution in [1.82, 2.24) is 5.32 Å². The summed E-state index contributed by atoms with van der Waals surface area (Å²) < 4.78 is 35.1. The Labute approximate surface area is 346 Å². The highest BCUT2D eigenvalue weighted by Crippen LogP contribution is 2.64. The van der Waals surface area contributed by atoms with Gasteiger partial charge in [-0.25, -0.2) is 14.4 Å². The van der Waals surface area contributed by atoms with Crippen molar-refractivity contribution in [3.05, 3.63) is 95.6 Å². The number of hydrogen-bond donors (Lipinski definition) is 4. The van der Waals surface area contributed by atoms with Crippen molar-refractivity contribution in [2.45, 2.75) is 108 Å². The molecule has 16 nitrogen and oxygen atoms in total. The number of Topliss-reactive ketones (excluding diaryl/α,β-unsaturated/α-hetero) is 1. The monoisotopic (exact) mass is 833 g/mol. The maximum Gasteiger partial charge on any atom is 0.408 e. The molecular weight excluding hydrogens is 782 g/mol. The van der Waals surface area contributed by atoms with Crippen molar-refractivity contribution in [1.29, 1.82) is 0 Å².